The van der Waals surface area contributed by atoms with Gasteiger partial charge in [-0.1, -0.05) is 62.7 Å². The topological polar surface area (TPSA) is 57.1 Å². The van der Waals surface area contributed by atoms with Gasteiger partial charge in [-0.25, -0.2) is 9.79 Å². The predicted octanol–water partition coefficient (Wildman–Crippen LogP) is 6.57. The SMILES string of the molecule is COc1cc(/C=C2\N=C(c3ccc(C(C)(C)C)cc3)OC2=O)ccc1OCc1ccc(Cl)cc1. The van der Waals surface area contributed by atoms with Crippen LogP contribution in [0, 0.1) is 0 Å². The lowest BCUT2D eigenvalue weighted by Gasteiger charge is -2.18. The summed E-state index contributed by atoms with van der Waals surface area (Å²) in [7, 11) is 1.57. The van der Waals surface area contributed by atoms with E-state index in [0.29, 0.717) is 29.0 Å². The summed E-state index contributed by atoms with van der Waals surface area (Å²) in [6.45, 7) is 6.83. The molecule has 0 amide bonds. The summed E-state index contributed by atoms with van der Waals surface area (Å²) in [4.78, 5) is 16.8. The minimum atomic E-state index is -0.489. The minimum absolute atomic E-state index is 0.0432. The monoisotopic (exact) mass is 475 g/mol. The smallest absolute Gasteiger partial charge is 0.363 e. The Balaban J connectivity index is 1.51. The van der Waals surface area contributed by atoms with E-state index in [9.17, 15) is 4.79 Å². The molecule has 4 rings (SSSR count). The zero-order valence-corrected chi connectivity index (χ0v) is 20.3. The molecule has 0 atom stereocenters. The third kappa shape index (κ3) is 5.49. The van der Waals surface area contributed by atoms with Crippen LogP contribution in [0.4, 0.5) is 0 Å². The fourth-order valence-corrected chi connectivity index (χ4v) is 3.56. The highest BCUT2D eigenvalue weighted by Crippen LogP contribution is 2.31. The number of benzene rings is 3. The lowest BCUT2D eigenvalue weighted by Crippen LogP contribution is -2.11. The van der Waals surface area contributed by atoms with Crippen LogP contribution in [-0.2, 0) is 21.6 Å². The number of hydrogen-bond donors (Lipinski definition) is 0. The second-order valence-corrected chi connectivity index (χ2v) is 9.43. The molecule has 0 saturated heterocycles. The number of rotatable bonds is 6. The van der Waals surface area contributed by atoms with Crippen molar-refractivity contribution in [2.24, 2.45) is 4.99 Å². The Bertz CT molecular complexity index is 1250. The summed E-state index contributed by atoms with van der Waals surface area (Å²) in [5.41, 5.74) is 3.96. The number of nitrogens with zero attached hydrogens (tertiary/aromatic N) is 1. The first kappa shape index (κ1) is 23.6. The summed E-state index contributed by atoms with van der Waals surface area (Å²) in [6.07, 6.45) is 1.67. The first-order valence-corrected chi connectivity index (χ1v) is 11.3. The molecule has 0 unspecified atom stereocenters. The Morgan fingerprint density at radius 3 is 2.32 bits per heavy atom. The van der Waals surface area contributed by atoms with Gasteiger partial charge in [0.05, 0.1) is 7.11 Å². The molecule has 0 N–H and O–H groups in total. The van der Waals surface area contributed by atoms with E-state index in [-0.39, 0.29) is 11.1 Å². The van der Waals surface area contributed by atoms with E-state index in [0.717, 1.165) is 16.7 Å². The van der Waals surface area contributed by atoms with E-state index < -0.39 is 5.97 Å². The van der Waals surface area contributed by atoms with Crippen molar-refractivity contribution in [1.82, 2.24) is 0 Å². The largest absolute Gasteiger partial charge is 0.493 e. The van der Waals surface area contributed by atoms with Crippen molar-refractivity contribution >= 4 is 29.5 Å². The first-order chi connectivity index (χ1) is 16.2. The molecule has 0 saturated carbocycles. The van der Waals surface area contributed by atoms with E-state index in [1.165, 1.54) is 5.56 Å². The van der Waals surface area contributed by atoms with E-state index in [4.69, 9.17) is 25.8 Å². The van der Waals surface area contributed by atoms with Crippen LogP contribution in [0.25, 0.3) is 6.08 Å². The summed E-state index contributed by atoms with van der Waals surface area (Å²) >= 11 is 5.93. The molecule has 1 heterocycles. The molecule has 5 nitrogen and oxygen atoms in total. The highest BCUT2D eigenvalue weighted by Gasteiger charge is 2.25. The van der Waals surface area contributed by atoms with Crippen molar-refractivity contribution in [3.8, 4) is 11.5 Å². The normalized spacial score (nSPS) is 14.7. The van der Waals surface area contributed by atoms with E-state index in [1.807, 2.05) is 54.6 Å². The zero-order valence-electron chi connectivity index (χ0n) is 19.6. The van der Waals surface area contributed by atoms with Gasteiger partial charge < -0.3 is 14.2 Å². The quantitative estimate of drug-likeness (QED) is 0.299. The van der Waals surface area contributed by atoms with Crippen molar-refractivity contribution < 1.29 is 19.0 Å². The predicted molar refractivity (Wildman–Crippen MR) is 135 cm³/mol. The van der Waals surface area contributed by atoms with E-state index in [1.54, 1.807) is 25.3 Å². The van der Waals surface area contributed by atoms with Crippen molar-refractivity contribution in [2.75, 3.05) is 7.11 Å². The highest BCUT2D eigenvalue weighted by atomic mass is 35.5. The van der Waals surface area contributed by atoms with Gasteiger partial charge >= 0.3 is 5.97 Å². The molecule has 0 bridgehead atoms. The maximum atomic E-state index is 12.4. The molecular formula is C28H26ClNO4. The van der Waals surface area contributed by atoms with Gasteiger partial charge in [-0.05, 0) is 64.6 Å². The molecule has 0 spiro atoms. The lowest BCUT2D eigenvalue weighted by molar-refractivity contribution is -0.129. The molecule has 0 aromatic heterocycles. The molecule has 174 valence electrons. The number of ether oxygens (including phenoxy) is 3. The van der Waals surface area contributed by atoms with Crippen LogP contribution in [0.1, 0.15) is 43.0 Å². The standard InChI is InChI=1S/C28H26ClNO4/c1-28(2,3)21-10-8-20(9-11-21)26-30-23(27(31)34-26)15-19-7-14-24(25(16-19)32-4)33-17-18-5-12-22(29)13-6-18/h5-16H,17H2,1-4H3/b23-15-. The van der Waals surface area contributed by atoms with Crippen LogP contribution in [0.15, 0.2) is 77.4 Å². The molecule has 3 aromatic rings. The average molecular weight is 476 g/mol. The number of aliphatic imine (C=N–C) groups is 1. The molecule has 0 radical (unpaired) electrons. The van der Waals surface area contributed by atoms with Crippen molar-refractivity contribution in [3.63, 3.8) is 0 Å². The van der Waals surface area contributed by atoms with Gasteiger partial charge in [0.2, 0.25) is 5.90 Å². The van der Waals surface area contributed by atoms with Gasteiger partial charge in [-0.2, -0.15) is 0 Å². The number of cyclic esters (lactones) is 1. The van der Waals surface area contributed by atoms with Gasteiger partial charge in [0.25, 0.3) is 0 Å². The lowest BCUT2D eigenvalue weighted by atomic mass is 9.87. The summed E-state index contributed by atoms with van der Waals surface area (Å²) < 4.78 is 16.8. The van der Waals surface area contributed by atoms with E-state index in [2.05, 4.69) is 25.8 Å². The van der Waals surface area contributed by atoms with Crippen LogP contribution in [-0.4, -0.2) is 19.0 Å². The molecular weight excluding hydrogens is 450 g/mol. The van der Waals surface area contributed by atoms with Gasteiger partial charge in [0.1, 0.15) is 6.61 Å². The maximum Gasteiger partial charge on any atom is 0.363 e. The van der Waals surface area contributed by atoms with Crippen LogP contribution < -0.4 is 9.47 Å². The summed E-state index contributed by atoms with van der Waals surface area (Å²) in [5.74, 6) is 0.955. The number of carbonyl (C=O) groups excluding carboxylic acids is 1. The minimum Gasteiger partial charge on any atom is -0.493 e. The molecule has 1 aliphatic heterocycles. The van der Waals surface area contributed by atoms with Crippen LogP contribution in [0.3, 0.4) is 0 Å². The number of esters is 1. The van der Waals surface area contributed by atoms with Crippen molar-refractivity contribution in [2.45, 2.75) is 32.8 Å². The molecule has 1 aliphatic rings. The van der Waals surface area contributed by atoms with Gasteiger partial charge in [-0.3, -0.25) is 0 Å². The Morgan fingerprint density at radius 1 is 0.971 bits per heavy atom. The number of halogens is 1. The molecule has 6 heteroatoms. The molecule has 0 fully saturated rings. The molecule has 3 aromatic carbocycles. The average Bonchev–Trinajstić information content (AvgIpc) is 3.18. The molecule has 34 heavy (non-hydrogen) atoms. The fourth-order valence-electron chi connectivity index (χ4n) is 3.44. The maximum absolute atomic E-state index is 12.4. The Morgan fingerprint density at radius 2 is 1.68 bits per heavy atom. The zero-order chi connectivity index (χ0) is 24.3. The second-order valence-electron chi connectivity index (χ2n) is 8.99. The second kappa shape index (κ2) is 9.74. The van der Waals surface area contributed by atoms with Gasteiger partial charge in [0.15, 0.2) is 17.2 Å². The molecule has 0 aliphatic carbocycles. The Hall–Kier alpha value is -3.57. The van der Waals surface area contributed by atoms with Crippen LogP contribution >= 0.6 is 11.6 Å². The van der Waals surface area contributed by atoms with Gasteiger partial charge in [-0.15, -0.1) is 0 Å². The van der Waals surface area contributed by atoms with Gasteiger partial charge in [0, 0.05) is 10.6 Å². The van der Waals surface area contributed by atoms with Crippen molar-refractivity contribution in [1.29, 1.82) is 0 Å². The third-order valence-corrected chi connectivity index (χ3v) is 5.67. The fraction of sp³-hybridized carbons (Fsp3) is 0.214. The Labute approximate surface area is 204 Å². The first-order valence-electron chi connectivity index (χ1n) is 10.9. The van der Waals surface area contributed by atoms with E-state index >= 15 is 0 Å². The summed E-state index contributed by atoms with van der Waals surface area (Å²) in [6, 6.07) is 20.8. The highest BCUT2D eigenvalue weighted by molar-refractivity contribution is 6.30. The van der Waals surface area contributed by atoms with Crippen molar-refractivity contribution in [3.05, 3.63) is 99.7 Å². The third-order valence-electron chi connectivity index (χ3n) is 5.42. The Kier molecular flexibility index (Phi) is 6.75. The van der Waals surface area contributed by atoms with Crippen LogP contribution in [0.5, 0.6) is 11.5 Å². The van der Waals surface area contributed by atoms with Crippen LogP contribution in [0.2, 0.25) is 5.02 Å². The number of methoxy groups -OCH3 is 1. The number of carbonyl (C=O) groups is 1. The number of hydrogen-bond acceptors (Lipinski definition) is 5. The summed E-state index contributed by atoms with van der Waals surface area (Å²) in [5, 5.41) is 0.678.